The third-order valence-electron chi connectivity index (χ3n) is 2.04. The first-order chi connectivity index (χ1) is 5.83. The van der Waals surface area contributed by atoms with Crippen molar-refractivity contribution in [3.05, 3.63) is 0 Å². The van der Waals surface area contributed by atoms with Gasteiger partial charge in [-0.25, -0.2) is 4.79 Å². The lowest BCUT2D eigenvalue weighted by atomic mass is 9.97. The molecule has 0 aromatic heterocycles. The SMILES string of the molecule is CC(C)N1C(=O)CC(C)(C)NC1=O. The van der Waals surface area contributed by atoms with E-state index in [9.17, 15) is 9.59 Å². The monoisotopic (exact) mass is 184 g/mol. The van der Waals surface area contributed by atoms with Crippen LogP contribution in [-0.4, -0.2) is 28.4 Å². The minimum Gasteiger partial charge on any atom is -0.332 e. The molecule has 4 nitrogen and oxygen atoms in total. The van der Waals surface area contributed by atoms with Gasteiger partial charge in [0, 0.05) is 18.0 Å². The van der Waals surface area contributed by atoms with Gasteiger partial charge in [0.1, 0.15) is 0 Å². The Morgan fingerprint density at radius 1 is 1.38 bits per heavy atom. The molecule has 1 rings (SSSR count). The number of rotatable bonds is 1. The van der Waals surface area contributed by atoms with Crippen LogP contribution in [0, 0.1) is 0 Å². The van der Waals surface area contributed by atoms with Crippen LogP contribution in [0.2, 0.25) is 0 Å². The molecule has 0 aliphatic carbocycles. The summed E-state index contributed by atoms with van der Waals surface area (Å²) in [4.78, 5) is 24.3. The maximum absolute atomic E-state index is 11.5. The van der Waals surface area contributed by atoms with E-state index in [1.807, 2.05) is 27.7 Å². The third kappa shape index (κ3) is 1.99. The van der Waals surface area contributed by atoms with E-state index in [2.05, 4.69) is 5.32 Å². The molecule has 1 aliphatic rings. The summed E-state index contributed by atoms with van der Waals surface area (Å²) in [5.41, 5.74) is -0.403. The number of hydrogen-bond acceptors (Lipinski definition) is 2. The number of imide groups is 1. The molecule has 3 amide bonds. The molecule has 0 radical (unpaired) electrons. The summed E-state index contributed by atoms with van der Waals surface area (Å²) in [7, 11) is 0. The van der Waals surface area contributed by atoms with Gasteiger partial charge in [-0.15, -0.1) is 0 Å². The molecular formula is C9H16N2O2. The first-order valence-corrected chi connectivity index (χ1v) is 4.48. The molecule has 1 fully saturated rings. The Hall–Kier alpha value is -1.06. The zero-order chi connectivity index (χ0) is 10.2. The number of urea groups is 1. The number of carbonyl (C=O) groups is 2. The van der Waals surface area contributed by atoms with Gasteiger partial charge >= 0.3 is 6.03 Å². The van der Waals surface area contributed by atoms with Crippen molar-refractivity contribution in [2.75, 3.05) is 0 Å². The van der Waals surface area contributed by atoms with Gasteiger partial charge < -0.3 is 5.32 Å². The summed E-state index contributed by atoms with van der Waals surface area (Å²) in [6.45, 7) is 7.35. The van der Waals surface area contributed by atoms with Crippen molar-refractivity contribution in [1.82, 2.24) is 10.2 Å². The van der Waals surface area contributed by atoms with E-state index in [-0.39, 0.29) is 18.0 Å². The van der Waals surface area contributed by atoms with Crippen LogP contribution in [0.5, 0.6) is 0 Å². The van der Waals surface area contributed by atoms with Crippen LogP contribution >= 0.6 is 0 Å². The smallest absolute Gasteiger partial charge is 0.324 e. The number of hydrogen-bond donors (Lipinski definition) is 1. The normalized spacial score (nSPS) is 22.1. The standard InChI is InChI=1S/C9H16N2O2/c1-6(2)11-7(12)5-9(3,4)10-8(11)13/h6H,5H2,1-4H3,(H,10,13). The number of nitrogens with one attached hydrogen (secondary N) is 1. The van der Waals surface area contributed by atoms with Crippen molar-refractivity contribution < 1.29 is 9.59 Å². The quantitative estimate of drug-likeness (QED) is 0.663. The Bertz CT molecular complexity index is 226. The predicted octanol–water partition coefficient (Wildman–Crippen LogP) is 1.12. The summed E-state index contributed by atoms with van der Waals surface area (Å²) in [6.07, 6.45) is 0.372. The zero-order valence-electron chi connectivity index (χ0n) is 8.55. The molecule has 0 bridgehead atoms. The number of amides is 3. The van der Waals surface area contributed by atoms with E-state index in [0.29, 0.717) is 6.42 Å². The second-order valence-electron chi connectivity index (χ2n) is 4.35. The summed E-state index contributed by atoms with van der Waals surface area (Å²) in [5, 5.41) is 2.78. The Morgan fingerprint density at radius 3 is 2.31 bits per heavy atom. The minimum atomic E-state index is -0.403. The lowest BCUT2D eigenvalue weighted by molar-refractivity contribution is -0.132. The van der Waals surface area contributed by atoms with Gasteiger partial charge in [-0.05, 0) is 27.7 Å². The van der Waals surface area contributed by atoms with E-state index in [0.717, 1.165) is 0 Å². The first-order valence-electron chi connectivity index (χ1n) is 4.48. The van der Waals surface area contributed by atoms with Crippen molar-refractivity contribution in [2.45, 2.75) is 45.7 Å². The fourth-order valence-electron chi connectivity index (χ4n) is 1.49. The lowest BCUT2D eigenvalue weighted by Gasteiger charge is -2.38. The van der Waals surface area contributed by atoms with E-state index in [1.165, 1.54) is 4.90 Å². The molecule has 74 valence electrons. The van der Waals surface area contributed by atoms with Crippen LogP contribution in [0.1, 0.15) is 34.1 Å². The number of carbonyl (C=O) groups excluding carboxylic acids is 2. The minimum absolute atomic E-state index is 0.0661. The largest absolute Gasteiger partial charge is 0.332 e. The summed E-state index contributed by atoms with van der Waals surface area (Å²) >= 11 is 0. The summed E-state index contributed by atoms with van der Waals surface area (Å²) in [5.74, 6) is -0.0937. The highest BCUT2D eigenvalue weighted by Crippen LogP contribution is 2.18. The molecule has 1 saturated heterocycles. The highest BCUT2D eigenvalue weighted by molar-refractivity contribution is 5.98. The molecule has 1 aliphatic heterocycles. The molecule has 0 spiro atoms. The Labute approximate surface area is 78.3 Å². The summed E-state index contributed by atoms with van der Waals surface area (Å²) in [6, 6.07) is -0.347. The van der Waals surface area contributed by atoms with Gasteiger partial charge in [0.05, 0.1) is 0 Å². The topological polar surface area (TPSA) is 49.4 Å². The molecule has 1 heterocycles. The van der Waals surface area contributed by atoms with E-state index in [1.54, 1.807) is 0 Å². The van der Waals surface area contributed by atoms with Crippen LogP contribution in [0.4, 0.5) is 4.79 Å². The van der Waals surface area contributed by atoms with Gasteiger partial charge in [-0.3, -0.25) is 9.69 Å². The molecule has 4 heteroatoms. The fourth-order valence-corrected chi connectivity index (χ4v) is 1.49. The highest BCUT2D eigenvalue weighted by atomic mass is 16.2. The number of nitrogens with zero attached hydrogens (tertiary/aromatic N) is 1. The van der Waals surface area contributed by atoms with Crippen molar-refractivity contribution >= 4 is 11.9 Å². The maximum Gasteiger partial charge on any atom is 0.324 e. The second-order valence-corrected chi connectivity index (χ2v) is 4.35. The summed E-state index contributed by atoms with van der Waals surface area (Å²) < 4.78 is 0. The van der Waals surface area contributed by atoms with Crippen LogP contribution < -0.4 is 5.32 Å². The van der Waals surface area contributed by atoms with E-state index < -0.39 is 5.54 Å². The second kappa shape index (κ2) is 3.01. The Kier molecular flexibility index (Phi) is 2.32. The van der Waals surface area contributed by atoms with E-state index in [4.69, 9.17) is 0 Å². The van der Waals surface area contributed by atoms with Crippen LogP contribution in [0.15, 0.2) is 0 Å². The third-order valence-corrected chi connectivity index (χ3v) is 2.04. The molecule has 1 N–H and O–H groups in total. The van der Waals surface area contributed by atoms with Crippen molar-refractivity contribution in [2.24, 2.45) is 0 Å². The van der Waals surface area contributed by atoms with Crippen LogP contribution in [0.25, 0.3) is 0 Å². The van der Waals surface area contributed by atoms with Gasteiger partial charge in [0.25, 0.3) is 0 Å². The first kappa shape index (κ1) is 10.0. The van der Waals surface area contributed by atoms with Gasteiger partial charge in [0.15, 0.2) is 0 Å². The van der Waals surface area contributed by atoms with Crippen molar-refractivity contribution in [3.8, 4) is 0 Å². The van der Waals surface area contributed by atoms with E-state index >= 15 is 0 Å². The molecule has 0 atom stereocenters. The molecule has 0 aromatic carbocycles. The molecule has 0 unspecified atom stereocenters. The Morgan fingerprint density at radius 2 is 1.92 bits per heavy atom. The fraction of sp³-hybridized carbons (Fsp3) is 0.778. The van der Waals surface area contributed by atoms with Crippen LogP contribution in [-0.2, 0) is 4.79 Å². The van der Waals surface area contributed by atoms with Crippen molar-refractivity contribution in [3.63, 3.8) is 0 Å². The molecule has 0 saturated carbocycles. The average Bonchev–Trinajstić information content (AvgIpc) is 1.78. The van der Waals surface area contributed by atoms with Gasteiger partial charge in [0.2, 0.25) is 5.91 Å². The van der Waals surface area contributed by atoms with Crippen LogP contribution in [0.3, 0.4) is 0 Å². The Balaban J connectivity index is 2.83. The van der Waals surface area contributed by atoms with Gasteiger partial charge in [-0.1, -0.05) is 0 Å². The lowest BCUT2D eigenvalue weighted by Crippen LogP contribution is -2.61. The average molecular weight is 184 g/mol. The highest BCUT2D eigenvalue weighted by Gasteiger charge is 2.37. The zero-order valence-corrected chi connectivity index (χ0v) is 8.55. The van der Waals surface area contributed by atoms with Crippen molar-refractivity contribution in [1.29, 1.82) is 0 Å². The van der Waals surface area contributed by atoms with Gasteiger partial charge in [-0.2, -0.15) is 0 Å². The maximum atomic E-state index is 11.5. The molecule has 0 aromatic rings. The molecule has 13 heavy (non-hydrogen) atoms. The predicted molar refractivity (Wildman–Crippen MR) is 49.2 cm³/mol. The molecular weight excluding hydrogens is 168 g/mol.